The van der Waals surface area contributed by atoms with Crippen molar-refractivity contribution >= 4 is 11.6 Å². The Morgan fingerprint density at radius 3 is 3.13 bits per heavy atom. The topological polar surface area (TPSA) is 24.1 Å². The molecule has 0 aromatic heterocycles. The quantitative estimate of drug-likeness (QED) is 0.820. The van der Waals surface area contributed by atoms with Crippen LogP contribution in [0.5, 0.6) is 0 Å². The number of nitrogens with one attached hydrogen (secondary N) is 2. The Bertz CT molecular complexity index is 308. The summed E-state index contributed by atoms with van der Waals surface area (Å²) in [6, 6.07) is 8.66. The molecule has 1 fully saturated rings. The molecule has 2 nitrogen and oxygen atoms in total. The van der Waals surface area contributed by atoms with Crippen molar-refractivity contribution in [2.45, 2.75) is 25.4 Å². The van der Waals surface area contributed by atoms with Gasteiger partial charge in [0.2, 0.25) is 0 Å². The predicted octanol–water partition coefficient (Wildman–Crippen LogP) is 2.18. The second kappa shape index (κ2) is 5.50. The Morgan fingerprint density at radius 2 is 2.40 bits per heavy atom. The van der Waals surface area contributed by atoms with Gasteiger partial charge in [-0.05, 0) is 37.1 Å². The van der Waals surface area contributed by atoms with Gasteiger partial charge in [-0.3, -0.25) is 0 Å². The summed E-state index contributed by atoms with van der Waals surface area (Å²) in [6.45, 7) is 3.12. The largest absolute Gasteiger partial charge is 0.313 e. The predicted molar refractivity (Wildman–Crippen MR) is 64.2 cm³/mol. The summed E-state index contributed by atoms with van der Waals surface area (Å²) in [6.07, 6.45) is 2.60. The zero-order valence-corrected chi connectivity index (χ0v) is 9.56. The molecule has 82 valence electrons. The molecule has 3 heteroatoms. The molecule has 0 radical (unpaired) electrons. The molecule has 1 unspecified atom stereocenters. The van der Waals surface area contributed by atoms with Crippen LogP contribution in [0.2, 0.25) is 5.02 Å². The molecule has 1 heterocycles. The van der Waals surface area contributed by atoms with Crippen molar-refractivity contribution in [2.75, 3.05) is 13.1 Å². The molecule has 0 aliphatic carbocycles. The molecule has 1 aliphatic rings. The third kappa shape index (κ3) is 3.49. The molecular formula is C12H17ClN2. The number of rotatable bonds is 4. The van der Waals surface area contributed by atoms with E-state index in [0.717, 1.165) is 18.1 Å². The molecule has 1 atom stereocenters. The van der Waals surface area contributed by atoms with Crippen molar-refractivity contribution in [1.82, 2.24) is 10.6 Å². The highest BCUT2D eigenvalue weighted by Crippen LogP contribution is 2.10. The average molecular weight is 225 g/mol. The fourth-order valence-corrected chi connectivity index (χ4v) is 2.18. The van der Waals surface area contributed by atoms with Gasteiger partial charge < -0.3 is 10.6 Å². The molecule has 15 heavy (non-hydrogen) atoms. The summed E-state index contributed by atoms with van der Waals surface area (Å²) in [7, 11) is 0. The van der Waals surface area contributed by atoms with Gasteiger partial charge in [0.1, 0.15) is 0 Å². The maximum Gasteiger partial charge on any atom is 0.0409 e. The van der Waals surface area contributed by atoms with E-state index in [1.165, 1.54) is 24.9 Å². The zero-order chi connectivity index (χ0) is 10.5. The highest BCUT2D eigenvalue weighted by atomic mass is 35.5. The van der Waals surface area contributed by atoms with Crippen LogP contribution in [-0.4, -0.2) is 19.1 Å². The van der Waals surface area contributed by atoms with E-state index in [2.05, 4.69) is 16.7 Å². The molecule has 0 amide bonds. The van der Waals surface area contributed by atoms with Crippen LogP contribution in [0.3, 0.4) is 0 Å². The number of benzene rings is 1. The lowest BCUT2D eigenvalue weighted by Crippen LogP contribution is -2.33. The molecule has 1 saturated heterocycles. The third-order valence-corrected chi connectivity index (χ3v) is 3.01. The lowest BCUT2D eigenvalue weighted by atomic mass is 10.2. The van der Waals surface area contributed by atoms with E-state index in [9.17, 15) is 0 Å². The van der Waals surface area contributed by atoms with Gasteiger partial charge in [0.15, 0.2) is 0 Å². The maximum atomic E-state index is 5.91. The molecule has 2 rings (SSSR count). The van der Waals surface area contributed by atoms with Crippen LogP contribution in [0.4, 0.5) is 0 Å². The first-order valence-electron chi connectivity index (χ1n) is 5.53. The zero-order valence-electron chi connectivity index (χ0n) is 8.80. The van der Waals surface area contributed by atoms with Gasteiger partial charge in [0.25, 0.3) is 0 Å². The number of hydrogen-bond acceptors (Lipinski definition) is 2. The molecule has 1 aliphatic heterocycles. The monoisotopic (exact) mass is 224 g/mol. The van der Waals surface area contributed by atoms with Crippen LogP contribution >= 0.6 is 11.6 Å². The van der Waals surface area contributed by atoms with Crippen molar-refractivity contribution in [2.24, 2.45) is 0 Å². The minimum atomic E-state index is 0.657. The van der Waals surface area contributed by atoms with Crippen LogP contribution in [-0.2, 0) is 6.54 Å². The van der Waals surface area contributed by atoms with Gasteiger partial charge in [-0.15, -0.1) is 0 Å². The van der Waals surface area contributed by atoms with Crippen LogP contribution in [0, 0.1) is 0 Å². The molecular weight excluding hydrogens is 208 g/mol. The summed E-state index contributed by atoms with van der Waals surface area (Å²) in [5.41, 5.74) is 1.25. The van der Waals surface area contributed by atoms with Gasteiger partial charge in [-0.2, -0.15) is 0 Å². The molecule has 1 aromatic rings. The van der Waals surface area contributed by atoms with Gasteiger partial charge in [0, 0.05) is 24.2 Å². The van der Waals surface area contributed by atoms with Gasteiger partial charge in [-0.1, -0.05) is 23.7 Å². The van der Waals surface area contributed by atoms with Crippen LogP contribution in [0.15, 0.2) is 24.3 Å². The molecule has 0 spiro atoms. The van der Waals surface area contributed by atoms with E-state index in [1.807, 2.05) is 18.2 Å². The summed E-state index contributed by atoms with van der Waals surface area (Å²) < 4.78 is 0. The first-order valence-corrected chi connectivity index (χ1v) is 5.91. The Morgan fingerprint density at radius 1 is 1.47 bits per heavy atom. The molecule has 0 bridgehead atoms. The van der Waals surface area contributed by atoms with Crippen molar-refractivity contribution in [3.63, 3.8) is 0 Å². The van der Waals surface area contributed by atoms with Crippen molar-refractivity contribution in [3.05, 3.63) is 34.9 Å². The Hall–Kier alpha value is -0.570. The van der Waals surface area contributed by atoms with E-state index in [4.69, 9.17) is 11.6 Å². The molecule has 1 aromatic carbocycles. The number of hydrogen-bond donors (Lipinski definition) is 2. The molecule has 0 saturated carbocycles. The molecule has 2 N–H and O–H groups in total. The van der Waals surface area contributed by atoms with Crippen LogP contribution in [0.25, 0.3) is 0 Å². The smallest absolute Gasteiger partial charge is 0.0409 e. The highest BCUT2D eigenvalue weighted by Gasteiger charge is 2.12. The van der Waals surface area contributed by atoms with Crippen molar-refractivity contribution < 1.29 is 0 Å². The van der Waals surface area contributed by atoms with E-state index in [1.54, 1.807) is 0 Å². The SMILES string of the molecule is Clc1cccc(CNCC2CCCN2)c1. The van der Waals surface area contributed by atoms with E-state index < -0.39 is 0 Å². The van der Waals surface area contributed by atoms with E-state index in [-0.39, 0.29) is 0 Å². The summed E-state index contributed by atoms with van der Waals surface area (Å²) in [5, 5.41) is 7.73. The van der Waals surface area contributed by atoms with Crippen LogP contribution in [0.1, 0.15) is 18.4 Å². The minimum Gasteiger partial charge on any atom is -0.313 e. The Labute approximate surface area is 96.0 Å². The fourth-order valence-electron chi connectivity index (χ4n) is 1.97. The van der Waals surface area contributed by atoms with E-state index >= 15 is 0 Å². The van der Waals surface area contributed by atoms with Crippen LogP contribution < -0.4 is 10.6 Å². The highest BCUT2D eigenvalue weighted by molar-refractivity contribution is 6.30. The Balaban J connectivity index is 1.73. The second-order valence-corrected chi connectivity index (χ2v) is 4.49. The normalized spacial score (nSPS) is 20.7. The Kier molecular flexibility index (Phi) is 4.01. The number of halogens is 1. The first kappa shape index (κ1) is 10.9. The fraction of sp³-hybridized carbons (Fsp3) is 0.500. The summed E-state index contributed by atoms with van der Waals surface area (Å²) in [5.74, 6) is 0. The average Bonchev–Trinajstić information content (AvgIpc) is 2.71. The first-order chi connectivity index (χ1) is 7.34. The summed E-state index contributed by atoms with van der Waals surface area (Å²) in [4.78, 5) is 0. The lowest BCUT2D eigenvalue weighted by Gasteiger charge is -2.11. The van der Waals surface area contributed by atoms with Gasteiger partial charge in [-0.25, -0.2) is 0 Å². The van der Waals surface area contributed by atoms with Gasteiger partial charge in [0.05, 0.1) is 0 Å². The van der Waals surface area contributed by atoms with Crippen molar-refractivity contribution in [3.8, 4) is 0 Å². The lowest BCUT2D eigenvalue weighted by molar-refractivity contribution is 0.536. The minimum absolute atomic E-state index is 0.657. The van der Waals surface area contributed by atoms with Crippen molar-refractivity contribution in [1.29, 1.82) is 0 Å². The maximum absolute atomic E-state index is 5.91. The summed E-state index contributed by atoms with van der Waals surface area (Å²) >= 11 is 5.91. The standard InChI is InChI=1S/C12H17ClN2/c13-11-4-1-3-10(7-11)8-14-9-12-5-2-6-15-12/h1,3-4,7,12,14-15H,2,5-6,8-9H2. The van der Waals surface area contributed by atoms with Gasteiger partial charge >= 0.3 is 0 Å². The second-order valence-electron chi connectivity index (χ2n) is 4.05. The third-order valence-electron chi connectivity index (χ3n) is 2.77. The van der Waals surface area contributed by atoms with E-state index in [0.29, 0.717) is 6.04 Å².